The highest BCUT2D eigenvalue weighted by Crippen LogP contribution is 2.40. The molecule has 16 heavy (non-hydrogen) atoms. The van der Waals surface area contributed by atoms with Crippen LogP contribution in [0.2, 0.25) is 0 Å². The van der Waals surface area contributed by atoms with Crippen molar-refractivity contribution >= 4 is 0 Å². The highest BCUT2D eigenvalue weighted by molar-refractivity contribution is 4.86. The Morgan fingerprint density at radius 1 is 1.06 bits per heavy atom. The molecular weight excluding hydrogens is 198 g/mol. The van der Waals surface area contributed by atoms with Crippen LogP contribution in [0.5, 0.6) is 0 Å². The molecule has 0 aromatic carbocycles. The van der Waals surface area contributed by atoms with Gasteiger partial charge in [-0.25, -0.2) is 0 Å². The normalized spacial score (nSPS) is 19.1. The zero-order chi connectivity index (χ0) is 11.7. The van der Waals surface area contributed by atoms with Crippen molar-refractivity contribution in [2.45, 2.75) is 58.8 Å². The van der Waals surface area contributed by atoms with E-state index in [1.54, 1.807) is 0 Å². The van der Waals surface area contributed by atoms with Crippen molar-refractivity contribution in [1.29, 1.82) is 0 Å². The lowest BCUT2D eigenvalue weighted by atomic mass is 9.83. The summed E-state index contributed by atoms with van der Waals surface area (Å²) < 4.78 is 5.65. The van der Waals surface area contributed by atoms with Gasteiger partial charge in [0.2, 0.25) is 0 Å². The van der Waals surface area contributed by atoms with E-state index in [9.17, 15) is 0 Å². The molecule has 96 valence electrons. The van der Waals surface area contributed by atoms with Crippen molar-refractivity contribution in [2.75, 3.05) is 26.3 Å². The van der Waals surface area contributed by atoms with Gasteiger partial charge in [0, 0.05) is 19.8 Å². The second-order valence-corrected chi connectivity index (χ2v) is 5.25. The minimum atomic E-state index is 0.558. The minimum absolute atomic E-state index is 0.558. The zero-order valence-electron chi connectivity index (χ0n) is 11.2. The van der Waals surface area contributed by atoms with Crippen LogP contribution in [0.25, 0.3) is 0 Å². The maximum atomic E-state index is 5.65. The summed E-state index contributed by atoms with van der Waals surface area (Å²) in [5.74, 6) is 0. The van der Waals surface area contributed by atoms with Crippen molar-refractivity contribution in [2.24, 2.45) is 5.41 Å². The molecule has 2 heteroatoms. The lowest BCUT2D eigenvalue weighted by Crippen LogP contribution is -2.33. The molecule has 0 aromatic rings. The van der Waals surface area contributed by atoms with Crippen LogP contribution in [0.15, 0.2) is 0 Å². The summed E-state index contributed by atoms with van der Waals surface area (Å²) in [7, 11) is 0. The first kappa shape index (κ1) is 14.0. The van der Waals surface area contributed by atoms with Crippen molar-refractivity contribution in [1.82, 2.24) is 5.32 Å². The van der Waals surface area contributed by atoms with Crippen molar-refractivity contribution in [3.05, 3.63) is 0 Å². The van der Waals surface area contributed by atoms with Crippen LogP contribution in [0.3, 0.4) is 0 Å². The largest absolute Gasteiger partial charge is 0.381 e. The molecule has 0 spiro atoms. The van der Waals surface area contributed by atoms with E-state index in [2.05, 4.69) is 19.2 Å². The summed E-state index contributed by atoms with van der Waals surface area (Å²) in [6, 6.07) is 0. The summed E-state index contributed by atoms with van der Waals surface area (Å²) in [6.45, 7) is 8.67. The van der Waals surface area contributed by atoms with E-state index in [0.29, 0.717) is 5.41 Å². The van der Waals surface area contributed by atoms with Crippen LogP contribution in [0, 0.1) is 5.41 Å². The third-order valence-electron chi connectivity index (χ3n) is 3.72. The smallest absolute Gasteiger partial charge is 0.0471 e. The Labute approximate surface area is 101 Å². The molecule has 0 saturated heterocycles. The highest BCUT2D eigenvalue weighted by Gasteiger charge is 2.32. The van der Waals surface area contributed by atoms with Gasteiger partial charge in [-0.2, -0.15) is 0 Å². The van der Waals surface area contributed by atoms with E-state index < -0.39 is 0 Å². The fourth-order valence-electron chi connectivity index (χ4n) is 2.71. The molecule has 2 nitrogen and oxygen atoms in total. The lowest BCUT2D eigenvalue weighted by molar-refractivity contribution is 0.0943. The molecular formula is C14H29NO. The standard InChI is InChI=1S/C14H29NO/c1-3-10-15-13-14(7-5-6-8-14)9-12-16-11-4-2/h15H,3-13H2,1-2H3. The molecule has 0 aliphatic heterocycles. The topological polar surface area (TPSA) is 21.3 Å². The van der Waals surface area contributed by atoms with Gasteiger partial charge in [0.15, 0.2) is 0 Å². The number of ether oxygens (including phenoxy) is 1. The van der Waals surface area contributed by atoms with Gasteiger partial charge in [-0.15, -0.1) is 0 Å². The van der Waals surface area contributed by atoms with E-state index >= 15 is 0 Å². The Kier molecular flexibility index (Phi) is 7.06. The first-order valence-electron chi connectivity index (χ1n) is 7.11. The van der Waals surface area contributed by atoms with Gasteiger partial charge in [0.25, 0.3) is 0 Å². The van der Waals surface area contributed by atoms with Crippen LogP contribution in [0.1, 0.15) is 58.8 Å². The fourth-order valence-corrected chi connectivity index (χ4v) is 2.71. The molecule has 1 aliphatic rings. The summed E-state index contributed by atoms with van der Waals surface area (Å²) in [4.78, 5) is 0. The number of rotatable bonds is 9. The minimum Gasteiger partial charge on any atom is -0.381 e. The van der Waals surface area contributed by atoms with Gasteiger partial charge >= 0.3 is 0 Å². The summed E-state index contributed by atoms with van der Waals surface area (Å²) >= 11 is 0. The molecule has 0 bridgehead atoms. The van der Waals surface area contributed by atoms with E-state index in [1.807, 2.05) is 0 Å². The Morgan fingerprint density at radius 3 is 2.44 bits per heavy atom. The van der Waals surface area contributed by atoms with Crippen molar-refractivity contribution in [3.63, 3.8) is 0 Å². The van der Waals surface area contributed by atoms with E-state index in [4.69, 9.17) is 4.74 Å². The summed E-state index contributed by atoms with van der Waals surface area (Å²) in [5.41, 5.74) is 0.558. The zero-order valence-corrected chi connectivity index (χ0v) is 11.2. The molecule has 1 fully saturated rings. The van der Waals surface area contributed by atoms with E-state index in [0.717, 1.165) is 26.2 Å². The predicted molar refractivity (Wildman–Crippen MR) is 69.8 cm³/mol. The fraction of sp³-hybridized carbons (Fsp3) is 1.00. The third kappa shape index (κ3) is 4.84. The Morgan fingerprint density at radius 2 is 1.81 bits per heavy atom. The molecule has 0 aromatic heterocycles. The van der Waals surface area contributed by atoms with Crippen LogP contribution in [-0.4, -0.2) is 26.3 Å². The first-order valence-corrected chi connectivity index (χ1v) is 7.11. The number of hydrogen-bond acceptors (Lipinski definition) is 2. The molecule has 1 saturated carbocycles. The van der Waals surface area contributed by atoms with Crippen LogP contribution >= 0.6 is 0 Å². The van der Waals surface area contributed by atoms with Gasteiger partial charge in [0.05, 0.1) is 0 Å². The summed E-state index contributed by atoms with van der Waals surface area (Å²) in [6.07, 6.45) is 9.27. The Bertz CT molecular complexity index is 164. The molecule has 1 rings (SSSR count). The van der Waals surface area contributed by atoms with Gasteiger partial charge in [-0.1, -0.05) is 26.7 Å². The van der Waals surface area contributed by atoms with E-state index in [1.165, 1.54) is 45.1 Å². The molecule has 1 aliphatic carbocycles. The average molecular weight is 227 g/mol. The first-order chi connectivity index (χ1) is 7.83. The quantitative estimate of drug-likeness (QED) is 0.610. The molecule has 0 amide bonds. The number of hydrogen-bond donors (Lipinski definition) is 1. The maximum Gasteiger partial charge on any atom is 0.0471 e. The van der Waals surface area contributed by atoms with Gasteiger partial charge in [-0.3, -0.25) is 0 Å². The van der Waals surface area contributed by atoms with Crippen LogP contribution in [0.4, 0.5) is 0 Å². The monoisotopic (exact) mass is 227 g/mol. The summed E-state index contributed by atoms with van der Waals surface area (Å²) in [5, 5.41) is 3.60. The molecule has 0 heterocycles. The van der Waals surface area contributed by atoms with Crippen LogP contribution in [-0.2, 0) is 4.74 Å². The molecule has 0 unspecified atom stereocenters. The molecule has 0 radical (unpaired) electrons. The lowest BCUT2D eigenvalue weighted by Gasteiger charge is -2.29. The van der Waals surface area contributed by atoms with Gasteiger partial charge in [-0.05, 0) is 44.1 Å². The molecule has 1 N–H and O–H groups in total. The second kappa shape index (κ2) is 8.08. The SMILES string of the molecule is CCCNCC1(CCOCCC)CCCC1. The van der Waals surface area contributed by atoms with Gasteiger partial charge in [0.1, 0.15) is 0 Å². The maximum absolute atomic E-state index is 5.65. The highest BCUT2D eigenvalue weighted by atomic mass is 16.5. The predicted octanol–water partition coefficient (Wildman–Crippen LogP) is 3.36. The van der Waals surface area contributed by atoms with Crippen molar-refractivity contribution in [3.8, 4) is 0 Å². The average Bonchev–Trinajstić information content (AvgIpc) is 2.74. The Balaban J connectivity index is 2.22. The molecule has 0 atom stereocenters. The van der Waals surface area contributed by atoms with Gasteiger partial charge < -0.3 is 10.1 Å². The van der Waals surface area contributed by atoms with E-state index in [-0.39, 0.29) is 0 Å². The Hall–Kier alpha value is -0.0800. The third-order valence-corrected chi connectivity index (χ3v) is 3.72. The van der Waals surface area contributed by atoms with Crippen molar-refractivity contribution < 1.29 is 4.74 Å². The van der Waals surface area contributed by atoms with Crippen LogP contribution < -0.4 is 5.32 Å². The number of nitrogens with one attached hydrogen (secondary N) is 1. The second-order valence-electron chi connectivity index (χ2n) is 5.25.